The van der Waals surface area contributed by atoms with Gasteiger partial charge in [-0.2, -0.15) is 10.5 Å². The number of anilines is 3. The summed E-state index contributed by atoms with van der Waals surface area (Å²) in [5.74, 6) is 0.341. The monoisotopic (exact) mass is 270 g/mol. The Kier molecular flexibility index (Phi) is 3.46. The third-order valence-electron chi connectivity index (χ3n) is 2.36. The quantitative estimate of drug-likeness (QED) is 0.809. The maximum atomic E-state index is 8.94. The Bertz CT molecular complexity index is 713. The van der Waals surface area contributed by atoms with Gasteiger partial charge in [-0.1, -0.05) is 11.6 Å². The first-order valence-corrected chi connectivity index (χ1v) is 5.50. The Morgan fingerprint density at radius 2 is 1.89 bits per heavy atom. The third kappa shape index (κ3) is 2.54. The zero-order valence-corrected chi connectivity index (χ0v) is 10.3. The molecule has 7 heteroatoms. The van der Waals surface area contributed by atoms with Crippen LogP contribution in [0.4, 0.5) is 17.2 Å². The summed E-state index contributed by atoms with van der Waals surface area (Å²) in [6, 6.07) is 8.61. The first-order chi connectivity index (χ1) is 9.15. The zero-order valence-electron chi connectivity index (χ0n) is 9.55. The Morgan fingerprint density at radius 1 is 1.16 bits per heavy atom. The SMILES string of the molecule is N#Cc1ccc(Nc2ncnc(Cl)c2N)cc1C#N. The van der Waals surface area contributed by atoms with Crippen molar-refractivity contribution in [2.24, 2.45) is 0 Å². The number of hydrogen-bond acceptors (Lipinski definition) is 6. The number of nitrogens with two attached hydrogens (primary N) is 1. The Hall–Kier alpha value is -2.83. The lowest BCUT2D eigenvalue weighted by Crippen LogP contribution is -2.01. The Morgan fingerprint density at radius 3 is 2.58 bits per heavy atom. The van der Waals surface area contributed by atoms with Gasteiger partial charge in [0, 0.05) is 5.69 Å². The highest BCUT2D eigenvalue weighted by atomic mass is 35.5. The topological polar surface area (TPSA) is 111 Å². The maximum Gasteiger partial charge on any atom is 0.158 e. The van der Waals surface area contributed by atoms with E-state index in [4.69, 9.17) is 27.9 Å². The molecule has 0 aliphatic rings. The molecule has 19 heavy (non-hydrogen) atoms. The molecule has 3 N–H and O–H groups in total. The lowest BCUT2D eigenvalue weighted by Gasteiger charge is -2.09. The molecule has 0 spiro atoms. The van der Waals surface area contributed by atoms with Crippen LogP contribution in [0.3, 0.4) is 0 Å². The smallest absolute Gasteiger partial charge is 0.158 e. The second-order valence-corrected chi connectivity index (χ2v) is 3.89. The molecule has 6 nitrogen and oxygen atoms in total. The molecule has 2 rings (SSSR count). The van der Waals surface area contributed by atoms with Gasteiger partial charge in [0.2, 0.25) is 0 Å². The first-order valence-electron chi connectivity index (χ1n) is 5.13. The lowest BCUT2D eigenvalue weighted by molar-refractivity contribution is 1.17. The molecule has 2 aromatic rings. The molecular weight excluding hydrogens is 264 g/mol. The molecule has 0 atom stereocenters. The average molecular weight is 271 g/mol. The summed E-state index contributed by atoms with van der Waals surface area (Å²) in [5, 5.41) is 20.8. The molecule has 0 unspecified atom stereocenters. The molecule has 0 saturated carbocycles. The number of nitrogens with zero attached hydrogens (tertiary/aromatic N) is 4. The molecule has 0 aliphatic carbocycles. The molecule has 0 fully saturated rings. The summed E-state index contributed by atoms with van der Waals surface area (Å²) in [6.07, 6.45) is 1.27. The fraction of sp³-hybridized carbons (Fsp3) is 0. The van der Waals surface area contributed by atoms with E-state index < -0.39 is 0 Å². The minimum Gasteiger partial charge on any atom is -0.393 e. The molecule has 1 aromatic heterocycles. The number of rotatable bonds is 2. The van der Waals surface area contributed by atoms with E-state index in [0.29, 0.717) is 17.1 Å². The molecule has 0 bridgehead atoms. The molecule has 0 amide bonds. The number of benzene rings is 1. The van der Waals surface area contributed by atoms with Crippen molar-refractivity contribution in [1.82, 2.24) is 9.97 Å². The summed E-state index contributed by atoms with van der Waals surface area (Å²) < 4.78 is 0. The minimum absolute atomic E-state index is 0.145. The molecular formula is C12H7ClN6. The van der Waals surface area contributed by atoms with Crippen molar-refractivity contribution in [1.29, 1.82) is 10.5 Å². The highest BCUT2D eigenvalue weighted by molar-refractivity contribution is 6.32. The van der Waals surface area contributed by atoms with E-state index in [0.717, 1.165) is 0 Å². The van der Waals surface area contributed by atoms with Crippen molar-refractivity contribution in [2.45, 2.75) is 0 Å². The van der Waals surface area contributed by atoms with Gasteiger partial charge >= 0.3 is 0 Å². The van der Waals surface area contributed by atoms with E-state index in [9.17, 15) is 0 Å². The summed E-state index contributed by atoms with van der Waals surface area (Å²) in [7, 11) is 0. The van der Waals surface area contributed by atoms with Crippen LogP contribution in [0, 0.1) is 22.7 Å². The Labute approximate surface area is 114 Å². The fourth-order valence-corrected chi connectivity index (χ4v) is 1.56. The predicted octanol–water partition coefficient (Wildman–Crippen LogP) is 2.20. The molecule has 0 aliphatic heterocycles. The molecule has 1 heterocycles. The van der Waals surface area contributed by atoms with Crippen LogP contribution in [-0.2, 0) is 0 Å². The van der Waals surface area contributed by atoms with Gasteiger partial charge in [0.1, 0.15) is 24.2 Å². The highest BCUT2D eigenvalue weighted by Crippen LogP contribution is 2.26. The van der Waals surface area contributed by atoms with E-state index in [1.54, 1.807) is 12.1 Å². The highest BCUT2D eigenvalue weighted by Gasteiger charge is 2.08. The van der Waals surface area contributed by atoms with Gasteiger partial charge in [0.05, 0.1) is 11.1 Å². The van der Waals surface area contributed by atoms with Crippen molar-refractivity contribution < 1.29 is 0 Å². The van der Waals surface area contributed by atoms with E-state index in [-0.39, 0.29) is 16.4 Å². The first kappa shape index (κ1) is 12.6. The van der Waals surface area contributed by atoms with Crippen LogP contribution in [0.1, 0.15) is 11.1 Å². The maximum absolute atomic E-state index is 8.94. The summed E-state index contributed by atoms with van der Waals surface area (Å²) in [4.78, 5) is 7.69. The number of aromatic nitrogens is 2. The van der Waals surface area contributed by atoms with Gasteiger partial charge in [-0.25, -0.2) is 9.97 Å². The second-order valence-electron chi connectivity index (χ2n) is 3.54. The number of nitrogen functional groups attached to an aromatic ring is 1. The minimum atomic E-state index is 0.145. The normalized spacial score (nSPS) is 9.42. The van der Waals surface area contributed by atoms with Gasteiger partial charge in [-0.05, 0) is 18.2 Å². The number of hydrogen-bond donors (Lipinski definition) is 2. The van der Waals surface area contributed by atoms with Gasteiger partial charge in [-0.3, -0.25) is 0 Å². The van der Waals surface area contributed by atoms with Gasteiger partial charge in [0.15, 0.2) is 11.0 Å². The summed E-state index contributed by atoms with van der Waals surface area (Å²) in [5.41, 5.74) is 7.09. The summed E-state index contributed by atoms with van der Waals surface area (Å²) in [6.45, 7) is 0. The molecule has 0 saturated heterocycles. The van der Waals surface area contributed by atoms with E-state index >= 15 is 0 Å². The Balaban J connectivity index is 2.38. The standard InChI is InChI=1S/C12H7ClN6/c13-11-10(16)12(18-6-17-11)19-9-2-1-7(4-14)8(3-9)5-15/h1-3,6H,16H2,(H,17,18,19). The van der Waals surface area contributed by atoms with Crippen molar-refractivity contribution in [3.63, 3.8) is 0 Å². The van der Waals surface area contributed by atoms with E-state index in [1.165, 1.54) is 12.4 Å². The number of nitrogens with one attached hydrogen (secondary N) is 1. The number of halogens is 1. The van der Waals surface area contributed by atoms with Crippen LogP contribution < -0.4 is 11.1 Å². The van der Waals surface area contributed by atoms with Crippen LogP contribution in [-0.4, -0.2) is 9.97 Å². The van der Waals surface area contributed by atoms with Gasteiger partial charge in [0.25, 0.3) is 0 Å². The molecule has 92 valence electrons. The van der Waals surface area contributed by atoms with Crippen LogP contribution >= 0.6 is 11.6 Å². The van der Waals surface area contributed by atoms with Crippen molar-refractivity contribution in [2.75, 3.05) is 11.1 Å². The van der Waals surface area contributed by atoms with Gasteiger partial charge < -0.3 is 11.1 Å². The molecule has 0 radical (unpaired) electrons. The van der Waals surface area contributed by atoms with E-state index in [1.807, 2.05) is 12.1 Å². The van der Waals surface area contributed by atoms with Gasteiger partial charge in [-0.15, -0.1) is 0 Å². The third-order valence-corrected chi connectivity index (χ3v) is 2.66. The van der Waals surface area contributed by atoms with Crippen molar-refractivity contribution in [3.05, 3.63) is 40.8 Å². The van der Waals surface area contributed by atoms with Crippen LogP contribution in [0.5, 0.6) is 0 Å². The average Bonchev–Trinajstić information content (AvgIpc) is 2.43. The second kappa shape index (κ2) is 5.21. The zero-order chi connectivity index (χ0) is 13.8. The van der Waals surface area contributed by atoms with E-state index in [2.05, 4.69) is 15.3 Å². The predicted molar refractivity (Wildman–Crippen MR) is 70.6 cm³/mol. The van der Waals surface area contributed by atoms with Crippen molar-refractivity contribution >= 4 is 28.8 Å². The lowest BCUT2D eigenvalue weighted by atomic mass is 10.1. The van der Waals surface area contributed by atoms with Crippen LogP contribution in [0.25, 0.3) is 0 Å². The largest absolute Gasteiger partial charge is 0.393 e. The molecule has 1 aromatic carbocycles. The van der Waals surface area contributed by atoms with Crippen LogP contribution in [0.2, 0.25) is 5.15 Å². The number of nitriles is 2. The van der Waals surface area contributed by atoms with Crippen LogP contribution in [0.15, 0.2) is 24.5 Å². The summed E-state index contributed by atoms with van der Waals surface area (Å²) >= 11 is 5.77. The fourth-order valence-electron chi connectivity index (χ4n) is 1.42. The van der Waals surface area contributed by atoms with Crippen molar-refractivity contribution in [3.8, 4) is 12.1 Å².